The second kappa shape index (κ2) is 5.06. The largest absolute Gasteiger partial charge is 0.491 e. The lowest BCUT2D eigenvalue weighted by molar-refractivity contribution is 0.122. The van der Waals surface area contributed by atoms with Crippen LogP contribution in [0.4, 0.5) is 11.4 Å². The van der Waals surface area contributed by atoms with Crippen molar-refractivity contribution < 1.29 is 9.47 Å². The highest BCUT2D eigenvalue weighted by atomic mass is 16.5. The van der Waals surface area contributed by atoms with E-state index < -0.39 is 0 Å². The molecule has 0 spiro atoms. The van der Waals surface area contributed by atoms with E-state index in [0.29, 0.717) is 0 Å². The maximum Gasteiger partial charge on any atom is 0.144 e. The van der Waals surface area contributed by atoms with Crippen LogP contribution in [0.3, 0.4) is 0 Å². The van der Waals surface area contributed by atoms with Crippen LogP contribution < -0.4 is 15.4 Å². The second-order valence-electron chi connectivity index (χ2n) is 5.08. The summed E-state index contributed by atoms with van der Waals surface area (Å²) in [6, 6.07) is 5.94. The zero-order chi connectivity index (χ0) is 12.4. The maximum absolute atomic E-state index is 5.93. The summed E-state index contributed by atoms with van der Waals surface area (Å²) >= 11 is 0. The molecule has 1 heterocycles. The van der Waals surface area contributed by atoms with Crippen LogP contribution in [-0.2, 0) is 4.74 Å². The summed E-state index contributed by atoms with van der Waals surface area (Å²) in [4.78, 5) is 2.31. The molecular weight excluding hydrogens is 228 g/mol. The Bertz CT molecular complexity index is 412. The number of hydrogen-bond acceptors (Lipinski definition) is 4. The smallest absolute Gasteiger partial charge is 0.144 e. The van der Waals surface area contributed by atoms with Crippen LogP contribution in [0, 0.1) is 5.92 Å². The molecule has 1 aromatic rings. The molecular formula is C14H20N2O2. The molecule has 18 heavy (non-hydrogen) atoms. The third-order valence-corrected chi connectivity index (χ3v) is 3.51. The van der Waals surface area contributed by atoms with E-state index in [0.717, 1.165) is 56.0 Å². The standard InChI is InChI=1S/C14H20N2O2/c15-12-3-4-13(16-5-7-17-8-6-16)14(9-12)18-10-11-1-2-11/h3-4,9,11H,1-2,5-8,10,15H2. The lowest BCUT2D eigenvalue weighted by atomic mass is 10.2. The van der Waals surface area contributed by atoms with Gasteiger partial charge >= 0.3 is 0 Å². The Hall–Kier alpha value is -1.42. The fourth-order valence-corrected chi connectivity index (χ4v) is 2.20. The molecule has 2 aliphatic rings. The summed E-state index contributed by atoms with van der Waals surface area (Å²) in [5.41, 5.74) is 7.76. The van der Waals surface area contributed by atoms with Crippen LogP contribution in [0.1, 0.15) is 12.8 Å². The van der Waals surface area contributed by atoms with E-state index in [4.69, 9.17) is 15.2 Å². The first-order chi connectivity index (χ1) is 8.83. The molecule has 4 heteroatoms. The Labute approximate surface area is 108 Å². The molecule has 1 aliphatic heterocycles. The van der Waals surface area contributed by atoms with Gasteiger partial charge in [0, 0.05) is 24.8 Å². The summed E-state index contributed by atoms with van der Waals surface area (Å²) in [6.07, 6.45) is 2.60. The van der Waals surface area contributed by atoms with Crippen LogP contribution in [0.2, 0.25) is 0 Å². The predicted molar refractivity (Wildman–Crippen MR) is 72.1 cm³/mol. The molecule has 2 N–H and O–H groups in total. The SMILES string of the molecule is Nc1ccc(N2CCOCC2)c(OCC2CC2)c1. The summed E-state index contributed by atoms with van der Waals surface area (Å²) < 4.78 is 11.3. The van der Waals surface area contributed by atoms with Gasteiger partial charge in [-0.3, -0.25) is 0 Å². The second-order valence-corrected chi connectivity index (χ2v) is 5.08. The predicted octanol–water partition coefficient (Wildman–Crippen LogP) is 1.89. The van der Waals surface area contributed by atoms with Gasteiger partial charge in [0.25, 0.3) is 0 Å². The zero-order valence-electron chi connectivity index (χ0n) is 10.6. The first-order valence-electron chi connectivity index (χ1n) is 6.68. The van der Waals surface area contributed by atoms with Crippen molar-refractivity contribution in [2.24, 2.45) is 5.92 Å². The van der Waals surface area contributed by atoms with Gasteiger partial charge in [0.1, 0.15) is 5.75 Å². The van der Waals surface area contributed by atoms with Crippen LogP contribution in [0.15, 0.2) is 18.2 Å². The lowest BCUT2D eigenvalue weighted by Crippen LogP contribution is -2.36. The highest BCUT2D eigenvalue weighted by Crippen LogP contribution is 2.34. The fourth-order valence-electron chi connectivity index (χ4n) is 2.20. The van der Waals surface area contributed by atoms with Crippen molar-refractivity contribution in [3.05, 3.63) is 18.2 Å². The monoisotopic (exact) mass is 248 g/mol. The molecule has 0 amide bonds. The van der Waals surface area contributed by atoms with E-state index in [9.17, 15) is 0 Å². The molecule has 0 radical (unpaired) electrons. The van der Waals surface area contributed by atoms with Gasteiger partial charge in [-0.05, 0) is 30.9 Å². The van der Waals surface area contributed by atoms with Crippen molar-refractivity contribution in [3.63, 3.8) is 0 Å². The first-order valence-corrected chi connectivity index (χ1v) is 6.68. The molecule has 0 unspecified atom stereocenters. The Kier molecular flexibility index (Phi) is 3.28. The minimum atomic E-state index is 0.754. The number of benzene rings is 1. The van der Waals surface area contributed by atoms with Crippen LogP contribution >= 0.6 is 0 Å². The molecule has 0 aromatic heterocycles. The number of nitrogens with two attached hydrogens (primary N) is 1. The molecule has 1 aliphatic carbocycles. The highest BCUT2D eigenvalue weighted by Gasteiger charge is 2.23. The normalized spacial score (nSPS) is 19.9. The van der Waals surface area contributed by atoms with E-state index in [1.54, 1.807) is 0 Å². The van der Waals surface area contributed by atoms with Crippen molar-refractivity contribution in [2.45, 2.75) is 12.8 Å². The summed E-state index contributed by atoms with van der Waals surface area (Å²) in [7, 11) is 0. The van der Waals surface area contributed by atoms with E-state index in [1.807, 2.05) is 12.1 Å². The molecule has 1 aromatic carbocycles. The van der Waals surface area contributed by atoms with Gasteiger partial charge in [-0.1, -0.05) is 0 Å². The minimum absolute atomic E-state index is 0.754. The zero-order valence-corrected chi connectivity index (χ0v) is 10.6. The van der Waals surface area contributed by atoms with E-state index in [-0.39, 0.29) is 0 Å². The van der Waals surface area contributed by atoms with E-state index in [2.05, 4.69) is 11.0 Å². The van der Waals surface area contributed by atoms with Gasteiger partial charge in [-0.2, -0.15) is 0 Å². The summed E-state index contributed by atoms with van der Waals surface area (Å²) in [5.74, 6) is 1.67. The van der Waals surface area contributed by atoms with Gasteiger partial charge in [-0.25, -0.2) is 0 Å². The number of rotatable bonds is 4. The van der Waals surface area contributed by atoms with Gasteiger partial charge in [0.05, 0.1) is 25.5 Å². The van der Waals surface area contributed by atoms with Gasteiger partial charge in [0.15, 0.2) is 0 Å². The van der Waals surface area contributed by atoms with Crippen molar-refractivity contribution in [2.75, 3.05) is 43.5 Å². The third kappa shape index (κ3) is 2.70. The third-order valence-electron chi connectivity index (χ3n) is 3.51. The molecule has 3 rings (SSSR count). The Morgan fingerprint density at radius 2 is 2.06 bits per heavy atom. The number of nitrogen functional groups attached to an aromatic ring is 1. The number of anilines is 2. The number of hydrogen-bond donors (Lipinski definition) is 1. The maximum atomic E-state index is 5.93. The van der Waals surface area contributed by atoms with Crippen LogP contribution in [0.25, 0.3) is 0 Å². The molecule has 4 nitrogen and oxygen atoms in total. The van der Waals surface area contributed by atoms with Crippen molar-refractivity contribution in [1.29, 1.82) is 0 Å². The number of morpholine rings is 1. The summed E-state index contributed by atoms with van der Waals surface area (Å²) in [6.45, 7) is 4.23. The molecule has 1 saturated carbocycles. The first kappa shape index (κ1) is 11.7. The molecule has 1 saturated heterocycles. The minimum Gasteiger partial charge on any atom is -0.491 e. The molecule has 2 fully saturated rings. The van der Waals surface area contributed by atoms with Crippen molar-refractivity contribution in [1.82, 2.24) is 0 Å². The van der Waals surface area contributed by atoms with Crippen LogP contribution in [-0.4, -0.2) is 32.9 Å². The molecule has 0 atom stereocenters. The quantitative estimate of drug-likeness (QED) is 0.827. The number of nitrogens with zero attached hydrogens (tertiary/aromatic N) is 1. The average molecular weight is 248 g/mol. The fraction of sp³-hybridized carbons (Fsp3) is 0.571. The van der Waals surface area contributed by atoms with Gasteiger partial charge < -0.3 is 20.1 Å². The number of ether oxygens (including phenoxy) is 2. The highest BCUT2D eigenvalue weighted by molar-refractivity contribution is 5.64. The molecule has 0 bridgehead atoms. The Morgan fingerprint density at radius 1 is 1.28 bits per heavy atom. The Morgan fingerprint density at radius 3 is 2.78 bits per heavy atom. The van der Waals surface area contributed by atoms with Crippen molar-refractivity contribution in [3.8, 4) is 5.75 Å². The Balaban J connectivity index is 1.76. The van der Waals surface area contributed by atoms with Gasteiger partial charge in [-0.15, -0.1) is 0 Å². The van der Waals surface area contributed by atoms with Crippen LogP contribution in [0.5, 0.6) is 5.75 Å². The average Bonchev–Trinajstić information content (AvgIpc) is 3.21. The summed E-state index contributed by atoms with van der Waals surface area (Å²) in [5, 5.41) is 0. The van der Waals surface area contributed by atoms with E-state index in [1.165, 1.54) is 12.8 Å². The van der Waals surface area contributed by atoms with E-state index >= 15 is 0 Å². The topological polar surface area (TPSA) is 47.7 Å². The van der Waals surface area contributed by atoms with Gasteiger partial charge in [0.2, 0.25) is 0 Å². The lowest BCUT2D eigenvalue weighted by Gasteiger charge is -2.30. The molecule has 98 valence electrons. The van der Waals surface area contributed by atoms with Crippen molar-refractivity contribution >= 4 is 11.4 Å².